The van der Waals surface area contributed by atoms with Gasteiger partial charge in [0.1, 0.15) is 11.2 Å². The molecular weight excluding hydrogens is 427 g/mol. The van der Waals surface area contributed by atoms with Crippen molar-refractivity contribution in [3.63, 3.8) is 0 Å². The molecule has 0 aliphatic carbocycles. The van der Waals surface area contributed by atoms with Gasteiger partial charge in [-0.05, 0) is 58.7 Å². The Morgan fingerprint density at radius 3 is 2.39 bits per heavy atom. The molecule has 158 valence electrons. The largest absolute Gasteiger partial charge is 0.439 e. The number of aromatic nitrogens is 2. The van der Waals surface area contributed by atoms with Gasteiger partial charge >= 0.3 is 0 Å². The molecule has 2 aromatic heterocycles. The van der Waals surface area contributed by atoms with E-state index >= 15 is 0 Å². The van der Waals surface area contributed by atoms with Gasteiger partial charge in [-0.1, -0.05) is 60.7 Å². The van der Waals surface area contributed by atoms with Gasteiger partial charge in [0.05, 0.1) is 1.37 Å². The third kappa shape index (κ3) is 3.27. The molecule has 5 aromatic rings. The molecule has 0 spiro atoms. The summed E-state index contributed by atoms with van der Waals surface area (Å²) >= 11 is 0. The summed E-state index contributed by atoms with van der Waals surface area (Å²) in [5.74, 6) is 1.20. The zero-order valence-corrected chi connectivity index (χ0v) is 18.4. The Balaban J connectivity index is 1.48. The van der Waals surface area contributed by atoms with Crippen molar-refractivity contribution < 1.29 is 10.7 Å². The van der Waals surface area contributed by atoms with E-state index in [1.807, 2.05) is 84.9 Å². The van der Waals surface area contributed by atoms with E-state index < -0.39 is 7.14 Å². The van der Waals surface area contributed by atoms with Gasteiger partial charge in [-0.3, -0.25) is 4.98 Å². The van der Waals surface area contributed by atoms with E-state index in [0.717, 1.165) is 32.9 Å². The van der Waals surface area contributed by atoms with Crippen molar-refractivity contribution >= 4 is 23.2 Å². The van der Waals surface area contributed by atoms with Gasteiger partial charge in [-0.15, -0.1) is 0 Å². The van der Waals surface area contributed by atoms with E-state index in [9.17, 15) is 4.57 Å². The highest BCUT2D eigenvalue weighted by atomic mass is 31.2. The summed E-state index contributed by atoms with van der Waals surface area (Å²) in [6.07, 6.45) is 1.79. The van der Waals surface area contributed by atoms with Crippen molar-refractivity contribution in [3.05, 3.63) is 115 Å². The molecule has 1 unspecified atom stereocenters. The monoisotopic (exact) mass is 447 g/mol. The number of ether oxygens (including phenoxy) is 1. The Hall–Kier alpha value is -4.01. The lowest BCUT2D eigenvalue weighted by atomic mass is 10.0. The Bertz CT molecular complexity index is 1590. The Labute approximate surface area is 193 Å². The van der Waals surface area contributed by atoms with Gasteiger partial charge in [0.2, 0.25) is 5.88 Å². The van der Waals surface area contributed by atoms with Gasteiger partial charge in [0, 0.05) is 29.0 Å². The molecule has 4 nitrogen and oxygen atoms in total. The Kier molecular flexibility index (Phi) is 4.41. The van der Waals surface area contributed by atoms with Crippen LogP contribution in [0.4, 0.5) is 0 Å². The molecule has 33 heavy (non-hydrogen) atoms. The van der Waals surface area contributed by atoms with E-state index in [4.69, 9.17) is 6.11 Å². The fourth-order valence-electron chi connectivity index (χ4n) is 4.31. The standard InChI is InChI=1S/C28H19N2O2P/c31-33(28-13-4-6-17-30-28)25-11-2-1-10-23(25)24-15-14-21(19-26(24)33)20-8-7-9-22(18-20)32-27-12-3-5-16-29-27/h1-19H/i17D. The normalized spacial score (nSPS) is 16.5. The van der Waals surface area contributed by atoms with Crippen LogP contribution in [0.15, 0.2) is 115 Å². The van der Waals surface area contributed by atoms with E-state index in [1.165, 1.54) is 0 Å². The minimum atomic E-state index is -3.22. The summed E-state index contributed by atoms with van der Waals surface area (Å²) < 4.78 is 28.6. The second-order valence-electron chi connectivity index (χ2n) is 7.78. The number of pyridine rings is 2. The molecule has 3 aromatic carbocycles. The van der Waals surface area contributed by atoms with E-state index in [1.54, 1.807) is 24.4 Å². The quantitative estimate of drug-likeness (QED) is 0.332. The molecule has 1 aliphatic heterocycles. The molecule has 0 amide bonds. The molecule has 0 bridgehead atoms. The second kappa shape index (κ2) is 7.84. The number of fused-ring (bicyclic) bond motifs is 3. The van der Waals surface area contributed by atoms with Crippen molar-refractivity contribution in [2.75, 3.05) is 0 Å². The van der Waals surface area contributed by atoms with E-state index in [-0.39, 0.29) is 6.17 Å². The molecule has 0 radical (unpaired) electrons. The van der Waals surface area contributed by atoms with Gasteiger partial charge in [-0.2, -0.15) is 0 Å². The predicted molar refractivity (Wildman–Crippen MR) is 132 cm³/mol. The topological polar surface area (TPSA) is 52.1 Å². The molecule has 0 saturated carbocycles. The highest BCUT2D eigenvalue weighted by Crippen LogP contribution is 2.52. The fraction of sp³-hybridized carbons (Fsp3) is 0. The molecule has 6 rings (SSSR count). The molecule has 0 fully saturated rings. The van der Waals surface area contributed by atoms with Crippen LogP contribution in [0, 0.1) is 0 Å². The average Bonchev–Trinajstić information content (AvgIpc) is 3.14. The molecular formula is C28H19N2O2P. The minimum Gasteiger partial charge on any atom is -0.439 e. The van der Waals surface area contributed by atoms with Crippen LogP contribution in [-0.4, -0.2) is 9.97 Å². The van der Waals surface area contributed by atoms with Crippen LogP contribution in [0.5, 0.6) is 11.6 Å². The van der Waals surface area contributed by atoms with Crippen LogP contribution < -0.4 is 20.8 Å². The fourth-order valence-corrected chi connectivity index (χ4v) is 7.25. The summed E-state index contributed by atoms with van der Waals surface area (Å²) in [6, 6.07) is 32.2. The minimum absolute atomic E-state index is 0.106. The smallest absolute Gasteiger partial charge is 0.219 e. The zero-order chi connectivity index (χ0) is 23.1. The van der Waals surface area contributed by atoms with Gasteiger partial charge in [0.15, 0.2) is 7.14 Å². The van der Waals surface area contributed by atoms with Gasteiger partial charge in [0.25, 0.3) is 0 Å². The van der Waals surface area contributed by atoms with Gasteiger partial charge < -0.3 is 9.30 Å². The van der Waals surface area contributed by atoms with Crippen LogP contribution in [0.1, 0.15) is 1.37 Å². The molecule has 3 heterocycles. The highest BCUT2D eigenvalue weighted by molar-refractivity contribution is 7.86. The maximum atomic E-state index is 14.7. The third-order valence-electron chi connectivity index (χ3n) is 5.82. The number of benzene rings is 3. The Morgan fingerprint density at radius 1 is 0.697 bits per heavy atom. The highest BCUT2D eigenvalue weighted by Gasteiger charge is 2.41. The molecule has 1 aliphatic rings. The Morgan fingerprint density at radius 2 is 1.52 bits per heavy atom. The first-order valence-electron chi connectivity index (χ1n) is 11.1. The lowest BCUT2D eigenvalue weighted by Crippen LogP contribution is -2.23. The van der Waals surface area contributed by atoms with Crippen molar-refractivity contribution in [1.82, 2.24) is 9.97 Å². The summed E-state index contributed by atoms with van der Waals surface area (Å²) in [4.78, 5) is 8.59. The maximum absolute atomic E-state index is 14.7. The summed E-state index contributed by atoms with van der Waals surface area (Å²) in [7, 11) is -3.22. The SMILES string of the molecule is [2H]c1cccc(P2(=O)c3ccccc3-c3ccc(-c4cccc(Oc5ccccn5)c4)cc32)n1. The lowest BCUT2D eigenvalue weighted by Gasteiger charge is -2.15. The van der Waals surface area contributed by atoms with Crippen LogP contribution in [0.2, 0.25) is 0 Å². The molecule has 0 saturated heterocycles. The third-order valence-corrected chi connectivity index (χ3v) is 8.83. The predicted octanol–water partition coefficient (Wildman–Crippen LogP) is 5.56. The summed E-state index contributed by atoms with van der Waals surface area (Å²) in [6.45, 7) is 0. The van der Waals surface area contributed by atoms with E-state index in [2.05, 4.69) is 9.97 Å². The van der Waals surface area contributed by atoms with Crippen molar-refractivity contribution in [2.24, 2.45) is 0 Å². The number of rotatable bonds is 4. The first kappa shape index (κ1) is 18.6. The molecule has 5 heteroatoms. The van der Waals surface area contributed by atoms with Gasteiger partial charge in [-0.25, -0.2) is 4.98 Å². The van der Waals surface area contributed by atoms with Crippen LogP contribution in [0.3, 0.4) is 0 Å². The summed E-state index contributed by atoms with van der Waals surface area (Å²) in [5.41, 5.74) is 4.22. The number of hydrogen-bond acceptors (Lipinski definition) is 4. The van der Waals surface area contributed by atoms with Crippen molar-refractivity contribution in [1.29, 1.82) is 0 Å². The van der Waals surface area contributed by atoms with Crippen LogP contribution >= 0.6 is 7.14 Å². The number of hydrogen-bond donors (Lipinski definition) is 0. The number of nitrogens with zero attached hydrogens (tertiary/aromatic N) is 2. The van der Waals surface area contributed by atoms with Crippen LogP contribution in [0.25, 0.3) is 22.3 Å². The summed E-state index contributed by atoms with van der Waals surface area (Å²) in [5, 5.41) is 1.52. The maximum Gasteiger partial charge on any atom is 0.219 e. The average molecular weight is 447 g/mol. The van der Waals surface area contributed by atoms with E-state index in [0.29, 0.717) is 17.1 Å². The van der Waals surface area contributed by atoms with Crippen LogP contribution in [-0.2, 0) is 4.57 Å². The van der Waals surface area contributed by atoms with Crippen molar-refractivity contribution in [2.45, 2.75) is 0 Å². The first-order valence-corrected chi connectivity index (χ1v) is 12.3. The first-order chi connectivity index (χ1) is 16.6. The zero-order valence-electron chi connectivity index (χ0n) is 18.6. The molecule has 1 atom stereocenters. The second-order valence-corrected chi connectivity index (χ2v) is 10.4. The molecule has 0 N–H and O–H groups in total. The van der Waals surface area contributed by atoms with Crippen molar-refractivity contribution in [3.8, 4) is 33.9 Å². The lowest BCUT2D eigenvalue weighted by molar-refractivity contribution is 0.463.